The average Bonchev–Trinajstić information content (AvgIpc) is 2.87. The number of furan rings is 1. The molecule has 0 unspecified atom stereocenters. The minimum absolute atomic E-state index is 0.0258. The van der Waals surface area contributed by atoms with Gasteiger partial charge in [-0.15, -0.1) is 0 Å². The second kappa shape index (κ2) is 4.95. The van der Waals surface area contributed by atoms with Gasteiger partial charge in [0.05, 0.1) is 25.5 Å². The van der Waals surface area contributed by atoms with Crippen molar-refractivity contribution in [2.45, 2.75) is 20.4 Å². The Morgan fingerprint density at radius 2 is 2.39 bits per heavy atom. The van der Waals surface area contributed by atoms with Gasteiger partial charge < -0.3 is 14.3 Å². The minimum Gasteiger partial charge on any atom is -0.491 e. The summed E-state index contributed by atoms with van der Waals surface area (Å²) in [5, 5.41) is 13.0. The highest BCUT2D eigenvalue weighted by Gasteiger charge is 2.14. The van der Waals surface area contributed by atoms with Crippen LogP contribution in [0.3, 0.4) is 0 Å². The molecular weight excluding hydrogens is 236 g/mol. The number of rotatable bonds is 5. The number of ether oxygens (including phenoxy) is 1. The van der Waals surface area contributed by atoms with Crippen LogP contribution in [0.15, 0.2) is 22.9 Å². The maximum Gasteiger partial charge on any atom is 0.372 e. The molecule has 0 fully saturated rings. The summed E-state index contributed by atoms with van der Waals surface area (Å²) in [4.78, 5) is 10.8. The van der Waals surface area contributed by atoms with Crippen molar-refractivity contribution in [2.75, 3.05) is 6.61 Å². The molecule has 0 atom stereocenters. The van der Waals surface area contributed by atoms with E-state index in [9.17, 15) is 4.79 Å². The Morgan fingerprint density at radius 1 is 1.61 bits per heavy atom. The molecule has 0 saturated heterocycles. The van der Waals surface area contributed by atoms with Crippen molar-refractivity contribution in [1.82, 2.24) is 9.78 Å². The number of carbonyl (C=O) groups is 1. The van der Waals surface area contributed by atoms with Crippen molar-refractivity contribution in [3.05, 3.63) is 35.5 Å². The van der Waals surface area contributed by atoms with Gasteiger partial charge in [-0.1, -0.05) is 0 Å². The van der Waals surface area contributed by atoms with Gasteiger partial charge in [-0.05, 0) is 19.9 Å². The molecule has 0 radical (unpaired) electrons. The first kappa shape index (κ1) is 12.2. The second-order valence-corrected chi connectivity index (χ2v) is 3.84. The lowest BCUT2D eigenvalue weighted by molar-refractivity contribution is 0.0659. The van der Waals surface area contributed by atoms with Crippen molar-refractivity contribution < 1.29 is 19.1 Å². The third kappa shape index (κ3) is 2.53. The third-order valence-corrected chi connectivity index (χ3v) is 2.40. The number of hydrogen-bond donors (Lipinski definition) is 1. The molecule has 2 heterocycles. The van der Waals surface area contributed by atoms with Gasteiger partial charge in [0, 0.05) is 5.56 Å². The number of hydrogen-bond acceptors (Lipinski definition) is 4. The van der Waals surface area contributed by atoms with Crippen molar-refractivity contribution >= 4 is 5.97 Å². The van der Waals surface area contributed by atoms with Crippen molar-refractivity contribution in [3.8, 4) is 5.75 Å². The molecule has 2 aromatic rings. The van der Waals surface area contributed by atoms with E-state index < -0.39 is 5.97 Å². The van der Waals surface area contributed by atoms with E-state index in [0.29, 0.717) is 30.2 Å². The number of nitrogens with zero attached hydrogens (tertiary/aromatic N) is 2. The van der Waals surface area contributed by atoms with Gasteiger partial charge in [0.15, 0.2) is 5.75 Å². The first-order valence-electron chi connectivity index (χ1n) is 5.58. The summed E-state index contributed by atoms with van der Waals surface area (Å²) in [5.74, 6) is 0.145. The molecule has 0 saturated carbocycles. The Bertz CT molecular complexity index is 556. The van der Waals surface area contributed by atoms with Crippen LogP contribution in [-0.2, 0) is 6.54 Å². The van der Waals surface area contributed by atoms with Gasteiger partial charge in [-0.3, -0.25) is 4.68 Å². The van der Waals surface area contributed by atoms with Crippen LogP contribution in [0.5, 0.6) is 5.75 Å². The predicted molar refractivity (Wildman–Crippen MR) is 62.9 cm³/mol. The lowest BCUT2D eigenvalue weighted by atomic mass is 10.2. The Morgan fingerprint density at radius 3 is 3.00 bits per heavy atom. The normalized spacial score (nSPS) is 10.6. The van der Waals surface area contributed by atoms with Crippen LogP contribution >= 0.6 is 0 Å². The summed E-state index contributed by atoms with van der Waals surface area (Å²) in [7, 11) is 0. The second-order valence-electron chi connectivity index (χ2n) is 3.84. The van der Waals surface area contributed by atoms with Crippen molar-refractivity contribution in [1.29, 1.82) is 0 Å². The number of carboxylic acids is 1. The molecule has 18 heavy (non-hydrogen) atoms. The summed E-state index contributed by atoms with van der Waals surface area (Å²) in [5.41, 5.74) is 0.606. The van der Waals surface area contributed by atoms with Gasteiger partial charge in [-0.2, -0.15) is 5.10 Å². The molecular formula is C12H14N2O4. The van der Waals surface area contributed by atoms with Crippen molar-refractivity contribution in [2.24, 2.45) is 0 Å². The maximum atomic E-state index is 10.8. The van der Waals surface area contributed by atoms with E-state index in [2.05, 4.69) is 5.10 Å². The van der Waals surface area contributed by atoms with E-state index in [1.54, 1.807) is 30.1 Å². The zero-order chi connectivity index (χ0) is 13.1. The molecule has 0 aliphatic rings. The number of aromatic nitrogens is 2. The smallest absolute Gasteiger partial charge is 0.372 e. The summed E-state index contributed by atoms with van der Waals surface area (Å²) < 4.78 is 12.2. The molecule has 96 valence electrons. The fraction of sp³-hybridized carbons (Fsp3) is 0.333. The molecule has 0 aromatic carbocycles. The lowest BCUT2D eigenvalue weighted by Gasteiger charge is -1.97. The fourth-order valence-electron chi connectivity index (χ4n) is 1.67. The summed E-state index contributed by atoms with van der Waals surface area (Å²) in [6.45, 7) is 4.55. The van der Waals surface area contributed by atoms with Crippen LogP contribution in [0, 0.1) is 6.92 Å². The zero-order valence-corrected chi connectivity index (χ0v) is 10.2. The Labute approximate surface area is 104 Å². The minimum atomic E-state index is -1.06. The largest absolute Gasteiger partial charge is 0.491 e. The highest BCUT2D eigenvalue weighted by molar-refractivity contribution is 5.86. The van der Waals surface area contributed by atoms with Crippen LogP contribution < -0.4 is 4.74 Å². The SMILES string of the molecule is CCOc1cnn(Cc2cc(C)c(C(=O)O)o2)c1. The van der Waals surface area contributed by atoms with Crippen LogP contribution in [0.2, 0.25) is 0 Å². The van der Waals surface area contributed by atoms with Crippen LogP contribution in [-0.4, -0.2) is 27.5 Å². The molecule has 0 amide bonds. The molecule has 0 aliphatic carbocycles. The standard InChI is InChI=1S/C12H14N2O4/c1-3-17-10-5-13-14(7-10)6-9-4-8(2)11(18-9)12(15)16/h4-5,7H,3,6H2,1-2H3,(H,15,16). The third-order valence-electron chi connectivity index (χ3n) is 2.40. The highest BCUT2D eigenvalue weighted by atomic mass is 16.5. The molecule has 6 nitrogen and oxygen atoms in total. The Hall–Kier alpha value is -2.24. The fourth-order valence-corrected chi connectivity index (χ4v) is 1.67. The molecule has 0 aliphatic heterocycles. The number of carboxylic acid groups (broad SMARTS) is 1. The molecule has 6 heteroatoms. The quantitative estimate of drug-likeness (QED) is 0.877. The van der Waals surface area contributed by atoms with E-state index >= 15 is 0 Å². The molecule has 2 aromatic heterocycles. The van der Waals surface area contributed by atoms with Gasteiger partial charge in [-0.25, -0.2) is 4.79 Å². The average molecular weight is 250 g/mol. The first-order chi connectivity index (χ1) is 8.60. The number of aromatic carboxylic acids is 1. The summed E-state index contributed by atoms with van der Waals surface area (Å²) in [6, 6.07) is 1.70. The van der Waals surface area contributed by atoms with E-state index in [-0.39, 0.29) is 5.76 Å². The van der Waals surface area contributed by atoms with E-state index in [1.807, 2.05) is 6.92 Å². The Kier molecular flexibility index (Phi) is 3.36. The van der Waals surface area contributed by atoms with Crippen molar-refractivity contribution in [3.63, 3.8) is 0 Å². The molecule has 1 N–H and O–H groups in total. The molecule has 0 bridgehead atoms. The Balaban J connectivity index is 2.13. The predicted octanol–water partition coefficient (Wildman–Crippen LogP) is 1.93. The highest BCUT2D eigenvalue weighted by Crippen LogP contribution is 2.16. The molecule has 0 spiro atoms. The first-order valence-corrected chi connectivity index (χ1v) is 5.58. The lowest BCUT2D eigenvalue weighted by Crippen LogP contribution is -1.99. The topological polar surface area (TPSA) is 77.5 Å². The van der Waals surface area contributed by atoms with Crippen LogP contribution in [0.4, 0.5) is 0 Å². The van der Waals surface area contributed by atoms with E-state index in [1.165, 1.54) is 0 Å². The zero-order valence-electron chi connectivity index (χ0n) is 10.2. The summed E-state index contributed by atoms with van der Waals surface area (Å²) >= 11 is 0. The molecule has 2 rings (SSSR count). The number of aryl methyl sites for hydroxylation is 1. The van der Waals surface area contributed by atoms with E-state index in [4.69, 9.17) is 14.3 Å². The summed E-state index contributed by atoms with van der Waals surface area (Å²) in [6.07, 6.45) is 3.35. The monoisotopic (exact) mass is 250 g/mol. The maximum absolute atomic E-state index is 10.8. The van der Waals surface area contributed by atoms with E-state index in [0.717, 1.165) is 0 Å². The van der Waals surface area contributed by atoms with Crippen LogP contribution in [0.25, 0.3) is 0 Å². The van der Waals surface area contributed by atoms with Crippen LogP contribution in [0.1, 0.15) is 28.8 Å². The van der Waals surface area contributed by atoms with Gasteiger partial charge in [0.25, 0.3) is 0 Å². The van der Waals surface area contributed by atoms with Gasteiger partial charge in [0.1, 0.15) is 5.76 Å². The van der Waals surface area contributed by atoms with Gasteiger partial charge >= 0.3 is 5.97 Å². The van der Waals surface area contributed by atoms with Gasteiger partial charge in [0.2, 0.25) is 5.76 Å².